The molecular weight excluding hydrogens is 346 g/mol. The van der Waals surface area contributed by atoms with Gasteiger partial charge in [-0.2, -0.15) is 0 Å². The number of rotatable bonds is 7. The summed E-state index contributed by atoms with van der Waals surface area (Å²) in [5, 5.41) is 0. The molecule has 25 heavy (non-hydrogen) atoms. The summed E-state index contributed by atoms with van der Waals surface area (Å²) in [6, 6.07) is 4.39. The van der Waals surface area contributed by atoms with Crippen molar-refractivity contribution in [3.8, 4) is 11.5 Å². The number of sulfonamides is 1. The fourth-order valence-electron chi connectivity index (χ4n) is 2.27. The van der Waals surface area contributed by atoms with Crippen molar-refractivity contribution in [2.75, 3.05) is 33.4 Å². The van der Waals surface area contributed by atoms with Crippen LogP contribution in [0.25, 0.3) is 0 Å². The van der Waals surface area contributed by atoms with Crippen LogP contribution in [0, 0.1) is 0 Å². The number of nitrogens with zero attached hydrogens (tertiary/aromatic N) is 1. The Kier molecular flexibility index (Phi) is 6.63. The van der Waals surface area contributed by atoms with Crippen LogP contribution in [0.2, 0.25) is 0 Å². The normalized spacial score (nSPS) is 15.3. The topological polar surface area (TPSA) is 111 Å². The summed E-state index contributed by atoms with van der Waals surface area (Å²) >= 11 is 0. The zero-order chi connectivity index (χ0) is 18.4. The number of hydrogen-bond donors (Lipinski definition) is 2. The number of carbonyl (C=O) groups is 1. The molecule has 140 valence electrons. The summed E-state index contributed by atoms with van der Waals surface area (Å²) in [4.78, 5) is 13.6. The minimum absolute atomic E-state index is 0.0112. The maximum absolute atomic E-state index is 12.4. The highest BCUT2D eigenvalue weighted by atomic mass is 32.2. The van der Waals surface area contributed by atoms with Crippen LogP contribution >= 0.6 is 0 Å². The predicted molar refractivity (Wildman–Crippen MR) is 93.1 cm³/mol. The number of nitrogens with one attached hydrogen (secondary N) is 1. The molecule has 8 nitrogen and oxygen atoms in total. The van der Waals surface area contributed by atoms with Gasteiger partial charge in [0, 0.05) is 45.1 Å². The van der Waals surface area contributed by atoms with E-state index in [1.54, 1.807) is 13.1 Å². The molecule has 2 rings (SSSR count). The second-order valence-corrected chi connectivity index (χ2v) is 7.66. The van der Waals surface area contributed by atoms with Gasteiger partial charge in [0.15, 0.2) is 11.5 Å². The highest BCUT2D eigenvalue weighted by Gasteiger charge is 2.20. The quantitative estimate of drug-likeness (QED) is 0.714. The van der Waals surface area contributed by atoms with Crippen molar-refractivity contribution in [1.29, 1.82) is 0 Å². The molecule has 0 bridgehead atoms. The zero-order valence-corrected chi connectivity index (χ0v) is 15.3. The van der Waals surface area contributed by atoms with E-state index >= 15 is 0 Å². The molecule has 1 aliphatic heterocycles. The Hall–Kier alpha value is -1.84. The van der Waals surface area contributed by atoms with E-state index in [-0.39, 0.29) is 29.8 Å². The highest BCUT2D eigenvalue weighted by molar-refractivity contribution is 7.89. The number of hydrogen-bond acceptors (Lipinski definition) is 6. The van der Waals surface area contributed by atoms with E-state index in [9.17, 15) is 13.2 Å². The Morgan fingerprint density at radius 3 is 2.68 bits per heavy atom. The standard InChI is InChI=1S/C16H25N3O5S/c1-12(11-17)19(2)16(20)6-7-18-25(21,22)13-4-5-14-15(10-13)24-9-3-8-23-14/h4-5,10,12,18H,3,6-9,11,17H2,1-2H3. The van der Waals surface area contributed by atoms with Crippen LogP contribution in [0.1, 0.15) is 19.8 Å². The maximum Gasteiger partial charge on any atom is 0.240 e. The van der Waals surface area contributed by atoms with E-state index in [1.807, 2.05) is 6.92 Å². The van der Waals surface area contributed by atoms with Gasteiger partial charge in [0.25, 0.3) is 0 Å². The predicted octanol–water partition coefficient (Wildman–Crippen LogP) is 0.322. The van der Waals surface area contributed by atoms with Crippen LogP contribution in [0.4, 0.5) is 0 Å². The summed E-state index contributed by atoms with van der Waals surface area (Å²) in [6.07, 6.45) is 0.802. The molecule has 0 aliphatic carbocycles. The van der Waals surface area contributed by atoms with Crippen LogP contribution in [0.15, 0.2) is 23.1 Å². The fraction of sp³-hybridized carbons (Fsp3) is 0.562. The van der Waals surface area contributed by atoms with Gasteiger partial charge in [0.05, 0.1) is 18.1 Å². The first-order valence-corrected chi connectivity index (χ1v) is 9.68. The third-order valence-corrected chi connectivity index (χ3v) is 5.51. The molecule has 1 aliphatic rings. The molecule has 0 radical (unpaired) electrons. The van der Waals surface area contributed by atoms with Gasteiger partial charge in [-0.25, -0.2) is 13.1 Å². The molecule has 0 aromatic heterocycles. The number of likely N-dealkylation sites (N-methyl/N-ethyl adjacent to an activating group) is 1. The van der Waals surface area contributed by atoms with Gasteiger partial charge in [0.1, 0.15) is 0 Å². The summed E-state index contributed by atoms with van der Waals surface area (Å²) < 4.78 is 38.2. The molecule has 0 saturated carbocycles. The van der Waals surface area contributed by atoms with Crippen LogP contribution in [0.3, 0.4) is 0 Å². The van der Waals surface area contributed by atoms with E-state index < -0.39 is 10.0 Å². The van der Waals surface area contributed by atoms with Crippen molar-refractivity contribution in [1.82, 2.24) is 9.62 Å². The van der Waals surface area contributed by atoms with Crippen molar-refractivity contribution >= 4 is 15.9 Å². The average Bonchev–Trinajstić information content (AvgIpc) is 2.84. The minimum Gasteiger partial charge on any atom is -0.490 e. The molecule has 3 N–H and O–H groups in total. The van der Waals surface area contributed by atoms with Crippen molar-refractivity contribution in [2.45, 2.75) is 30.7 Å². The largest absolute Gasteiger partial charge is 0.490 e. The van der Waals surface area contributed by atoms with Gasteiger partial charge >= 0.3 is 0 Å². The fourth-order valence-corrected chi connectivity index (χ4v) is 3.31. The van der Waals surface area contributed by atoms with Crippen LogP contribution in [-0.4, -0.2) is 58.6 Å². The molecule has 0 fully saturated rings. The summed E-state index contributed by atoms with van der Waals surface area (Å²) in [5.74, 6) is 0.774. The first kappa shape index (κ1) is 19.5. The van der Waals surface area contributed by atoms with Crippen molar-refractivity contribution < 1.29 is 22.7 Å². The van der Waals surface area contributed by atoms with Gasteiger partial charge in [-0.05, 0) is 19.1 Å². The molecule has 1 heterocycles. The van der Waals surface area contributed by atoms with E-state index in [2.05, 4.69) is 4.72 Å². The number of benzene rings is 1. The Morgan fingerprint density at radius 1 is 1.32 bits per heavy atom. The van der Waals surface area contributed by atoms with Gasteiger partial charge in [-0.15, -0.1) is 0 Å². The second kappa shape index (κ2) is 8.50. The van der Waals surface area contributed by atoms with E-state index in [4.69, 9.17) is 15.2 Å². The third-order valence-electron chi connectivity index (χ3n) is 4.06. The number of carbonyl (C=O) groups excluding carboxylic acids is 1. The van der Waals surface area contributed by atoms with Gasteiger partial charge in [-0.1, -0.05) is 0 Å². The third kappa shape index (κ3) is 5.07. The van der Waals surface area contributed by atoms with Crippen LogP contribution < -0.4 is 19.9 Å². The second-order valence-electron chi connectivity index (χ2n) is 5.90. The lowest BCUT2D eigenvalue weighted by molar-refractivity contribution is -0.131. The Labute approximate surface area is 148 Å². The van der Waals surface area contributed by atoms with E-state index in [0.29, 0.717) is 31.3 Å². The number of amides is 1. The molecule has 0 spiro atoms. The summed E-state index contributed by atoms with van der Waals surface area (Å²) in [6.45, 7) is 3.21. The lowest BCUT2D eigenvalue weighted by Gasteiger charge is -2.23. The van der Waals surface area contributed by atoms with E-state index in [1.165, 1.54) is 17.0 Å². The molecule has 1 aromatic carbocycles. The van der Waals surface area contributed by atoms with Crippen LogP contribution in [-0.2, 0) is 14.8 Å². The molecule has 9 heteroatoms. The maximum atomic E-state index is 12.4. The van der Waals surface area contributed by atoms with Crippen LogP contribution in [0.5, 0.6) is 11.5 Å². The molecular formula is C16H25N3O5S. The first-order valence-electron chi connectivity index (χ1n) is 8.20. The Balaban J connectivity index is 1.98. The van der Waals surface area contributed by atoms with Gasteiger partial charge in [-0.3, -0.25) is 4.79 Å². The van der Waals surface area contributed by atoms with Crippen molar-refractivity contribution in [3.05, 3.63) is 18.2 Å². The first-order chi connectivity index (χ1) is 11.8. The van der Waals surface area contributed by atoms with Gasteiger partial charge < -0.3 is 20.1 Å². The monoisotopic (exact) mass is 371 g/mol. The Bertz CT molecular complexity index is 708. The summed E-state index contributed by atoms with van der Waals surface area (Å²) in [5.41, 5.74) is 5.52. The highest BCUT2D eigenvalue weighted by Crippen LogP contribution is 2.31. The molecule has 1 amide bonds. The SMILES string of the molecule is CC(CN)N(C)C(=O)CCNS(=O)(=O)c1ccc2c(c1)OCCCO2. The smallest absolute Gasteiger partial charge is 0.240 e. The number of fused-ring (bicyclic) bond motifs is 1. The number of ether oxygens (including phenoxy) is 2. The van der Waals surface area contributed by atoms with Crippen molar-refractivity contribution in [3.63, 3.8) is 0 Å². The minimum atomic E-state index is -3.73. The molecule has 0 saturated heterocycles. The lowest BCUT2D eigenvalue weighted by atomic mass is 10.2. The summed E-state index contributed by atoms with van der Waals surface area (Å²) in [7, 11) is -2.08. The zero-order valence-electron chi connectivity index (χ0n) is 14.5. The number of nitrogens with two attached hydrogens (primary N) is 1. The van der Waals surface area contributed by atoms with E-state index in [0.717, 1.165) is 6.42 Å². The Morgan fingerprint density at radius 2 is 2.00 bits per heavy atom. The molecule has 1 aromatic rings. The average molecular weight is 371 g/mol. The molecule has 1 atom stereocenters. The van der Waals surface area contributed by atoms with Gasteiger partial charge in [0.2, 0.25) is 15.9 Å². The van der Waals surface area contributed by atoms with Crippen molar-refractivity contribution in [2.24, 2.45) is 5.73 Å². The lowest BCUT2D eigenvalue weighted by Crippen LogP contribution is -2.41. The molecule has 1 unspecified atom stereocenters.